The number of benzene rings is 2. The highest BCUT2D eigenvalue weighted by atomic mass is 16.2. The quantitative estimate of drug-likeness (QED) is 0.731. The van der Waals surface area contributed by atoms with Crippen LogP contribution in [0.15, 0.2) is 60.7 Å². The van der Waals surface area contributed by atoms with Gasteiger partial charge in [0.25, 0.3) is 5.91 Å². The Morgan fingerprint density at radius 2 is 1.58 bits per heavy atom. The Bertz CT molecular complexity index is 659. The molecule has 0 heterocycles. The van der Waals surface area contributed by atoms with E-state index in [9.17, 15) is 9.59 Å². The summed E-state index contributed by atoms with van der Waals surface area (Å²) in [6, 6.07) is 17.6. The van der Waals surface area contributed by atoms with Gasteiger partial charge >= 0.3 is 0 Å². The molecule has 0 aliphatic heterocycles. The Kier molecular flexibility index (Phi) is 6.51. The number of hydrogen-bond donors (Lipinski definition) is 3. The zero-order chi connectivity index (χ0) is 17.4. The average molecular weight is 325 g/mol. The molecule has 4 N–H and O–H groups in total. The van der Waals surface area contributed by atoms with Crippen LogP contribution in [0.4, 0.5) is 5.69 Å². The number of hydrogen-bond acceptors (Lipinski definition) is 3. The zero-order valence-corrected chi connectivity index (χ0v) is 13.7. The van der Waals surface area contributed by atoms with Crippen LogP contribution in [0.1, 0.15) is 24.9 Å². The van der Waals surface area contributed by atoms with Crippen LogP contribution >= 0.6 is 0 Å². The van der Waals surface area contributed by atoms with Gasteiger partial charge in [-0.2, -0.15) is 0 Å². The van der Waals surface area contributed by atoms with Crippen molar-refractivity contribution >= 4 is 17.5 Å². The van der Waals surface area contributed by atoms with E-state index >= 15 is 0 Å². The first-order chi connectivity index (χ1) is 11.6. The van der Waals surface area contributed by atoms with Crippen LogP contribution in [0.2, 0.25) is 0 Å². The Labute approximate surface area is 142 Å². The average Bonchev–Trinajstić information content (AvgIpc) is 2.61. The van der Waals surface area contributed by atoms with E-state index in [2.05, 4.69) is 10.6 Å². The topological polar surface area (TPSA) is 84.2 Å². The Hall–Kier alpha value is -2.66. The second-order valence-corrected chi connectivity index (χ2v) is 5.81. The first-order valence-corrected chi connectivity index (χ1v) is 8.00. The minimum Gasteiger partial charge on any atom is -0.341 e. The van der Waals surface area contributed by atoms with E-state index in [1.807, 2.05) is 55.5 Å². The minimum absolute atomic E-state index is 0.0682. The Morgan fingerprint density at radius 1 is 1.00 bits per heavy atom. The maximum Gasteiger partial charge on any atom is 0.251 e. The lowest BCUT2D eigenvalue weighted by Gasteiger charge is -2.20. The molecule has 2 aromatic carbocycles. The summed E-state index contributed by atoms with van der Waals surface area (Å²) in [5, 5.41) is 5.65. The largest absolute Gasteiger partial charge is 0.341 e. The second-order valence-electron chi connectivity index (χ2n) is 5.81. The summed E-state index contributed by atoms with van der Waals surface area (Å²) in [4.78, 5) is 24.9. The SMILES string of the molecule is C[C@H](CN)CC(=O)N[C@@H](C(=O)Nc1ccccc1)c1ccccc1. The molecule has 2 amide bonds. The summed E-state index contributed by atoms with van der Waals surface area (Å²) in [5.74, 6) is -0.398. The highest BCUT2D eigenvalue weighted by molar-refractivity contribution is 5.97. The number of rotatable bonds is 7. The van der Waals surface area contributed by atoms with Gasteiger partial charge in [0.05, 0.1) is 0 Å². The second kappa shape index (κ2) is 8.84. The van der Waals surface area contributed by atoms with Crippen LogP contribution < -0.4 is 16.4 Å². The van der Waals surface area contributed by atoms with E-state index in [1.165, 1.54) is 0 Å². The van der Waals surface area contributed by atoms with Crippen molar-refractivity contribution in [3.8, 4) is 0 Å². The van der Waals surface area contributed by atoms with Gasteiger partial charge in [-0.3, -0.25) is 9.59 Å². The van der Waals surface area contributed by atoms with E-state index in [-0.39, 0.29) is 17.7 Å². The van der Waals surface area contributed by atoms with Crippen molar-refractivity contribution in [1.29, 1.82) is 0 Å². The van der Waals surface area contributed by atoms with Gasteiger partial charge in [-0.1, -0.05) is 55.5 Å². The van der Waals surface area contributed by atoms with Crippen molar-refractivity contribution in [2.24, 2.45) is 11.7 Å². The van der Waals surface area contributed by atoms with Gasteiger partial charge in [-0.25, -0.2) is 0 Å². The van der Waals surface area contributed by atoms with E-state index in [0.717, 1.165) is 5.56 Å². The fourth-order valence-corrected chi connectivity index (χ4v) is 2.30. The van der Waals surface area contributed by atoms with Gasteiger partial charge < -0.3 is 16.4 Å². The van der Waals surface area contributed by atoms with Gasteiger partial charge in [0.2, 0.25) is 5.91 Å². The molecule has 0 unspecified atom stereocenters. The molecule has 5 heteroatoms. The normalized spacial score (nSPS) is 12.9. The van der Waals surface area contributed by atoms with E-state index in [0.29, 0.717) is 18.7 Å². The summed E-state index contributed by atoms with van der Waals surface area (Å²) < 4.78 is 0. The molecule has 0 saturated carbocycles. The third-order valence-electron chi connectivity index (χ3n) is 3.68. The maximum absolute atomic E-state index is 12.7. The first kappa shape index (κ1) is 17.7. The van der Waals surface area contributed by atoms with Crippen LogP contribution in [-0.2, 0) is 9.59 Å². The molecular formula is C19H23N3O2. The number of nitrogens with two attached hydrogens (primary N) is 1. The van der Waals surface area contributed by atoms with Crippen molar-refractivity contribution in [1.82, 2.24) is 5.32 Å². The zero-order valence-electron chi connectivity index (χ0n) is 13.7. The predicted molar refractivity (Wildman–Crippen MR) is 95.2 cm³/mol. The van der Waals surface area contributed by atoms with Crippen molar-refractivity contribution in [3.05, 3.63) is 66.2 Å². The molecule has 0 aromatic heterocycles. The third kappa shape index (κ3) is 5.21. The molecule has 5 nitrogen and oxygen atoms in total. The number of amides is 2. The summed E-state index contributed by atoms with van der Waals surface area (Å²) in [6.07, 6.45) is 0.290. The van der Waals surface area contributed by atoms with Gasteiger partial charge in [0, 0.05) is 12.1 Å². The molecule has 0 bridgehead atoms. The molecule has 0 fully saturated rings. The van der Waals surface area contributed by atoms with Crippen molar-refractivity contribution in [2.75, 3.05) is 11.9 Å². The number of carbonyl (C=O) groups is 2. The molecule has 0 spiro atoms. The Balaban J connectivity index is 2.14. The van der Waals surface area contributed by atoms with Gasteiger partial charge in [0.1, 0.15) is 6.04 Å². The van der Waals surface area contributed by atoms with Crippen molar-refractivity contribution < 1.29 is 9.59 Å². The van der Waals surface area contributed by atoms with Crippen LogP contribution in [0.25, 0.3) is 0 Å². The number of nitrogens with one attached hydrogen (secondary N) is 2. The molecular weight excluding hydrogens is 302 g/mol. The van der Waals surface area contributed by atoms with Crippen molar-refractivity contribution in [2.45, 2.75) is 19.4 Å². The molecule has 0 aliphatic rings. The smallest absolute Gasteiger partial charge is 0.251 e. The minimum atomic E-state index is -0.746. The molecule has 126 valence electrons. The Morgan fingerprint density at radius 3 is 2.17 bits per heavy atom. The van der Waals surface area contributed by atoms with Crippen LogP contribution in [-0.4, -0.2) is 18.4 Å². The summed E-state index contributed by atoms with van der Waals surface area (Å²) in [6.45, 7) is 2.33. The number of anilines is 1. The lowest BCUT2D eigenvalue weighted by atomic mass is 10.0. The predicted octanol–water partition coefficient (Wildman–Crippen LogP) is 2.47. The number of para-hydroxylation sites is 1. The van der Waals surface area contributed by atoms with E-state index in [4.69, 9.17) is 5.73 Å². The lowest BCUT2D eigenvalue weighted by molar-refractivity contribution is -0.127. The molecule has 2 atom stereocenters. The van der Waals surface area contributed by atoms with E-state index < -0.39 is 6.04 Å². The van der Waals surface area contributed by atoms with Gasteiger partial charge in [-0.15, -0.1) is 0 Å². The maximum atomic E-state index is 12.7. The van der Waals surface area contributed by atoms with Crippen molar-refractivity contribution in [3.63, 3.8) is 0 Å². The van der Waals surface area contributed by atoms with Gasteiger partial charge in [-0.05, 0) is 30.2 Å². The monoisotopic (exact) mass is 325 g/mol. The summed E-state index contributed by atoms with van der Waals surface area (Å²) in [7, 11) is 0. The molecule has 24 heavy (non-hydrogen) atoms. The fraction of sp³-hybridized carbons (Fsp3) is 0.263. The number of carbonyl (C=O) groups excluding carboxylic acids is 2. The van der Waals surface area contributed by atoms with Crippen LogP contribution in [0.5, 0.6) is 0 Å². The standard InChI is InChI=1S/C19H23N3O2/c1-14(13-20)12-17(23)22-18(15-8-4-2-5-9-15)19(24)21-16-10-6-3-7-11-16/h2-11,14,18H,12-13,20H2,1H3,(H,21,24)(H,22,23)/t14-,18+/m0/s1. The molecule has 2 rings (SSSR count). The lowest BCUT2D eigenvalue weighted by Crippen LogP contribution is -2.38. The third-order valence-corrected chi connectivity index (χ3v) is 3.68. The summed E-state index contributed by atoms with van der Waals surface area (Å²) in [5.41, 5.74) is 6.99. The highest BCUT2D eigenvalue weighted by Crippen LogP contribution is 2.16. The molecule has 2 aromatic rings. The first-order valence-electron chi connectivity index (χ1n) is 8.00. The van der Waals surface area contributed by atoms with Gasteiger partial charge in [0.15, 0.2) is 0 Å². The fourth-order valence-electron chi connectivity index (χ4n) is 2.30. The summed E-state index contributed by atoms with van der Waals surface area (Å²) >= 11 is 0. The molecule has 0 aliphatic carbocycles. The van der Waals surface area contributed by atoms with Crippen LogP contribution in [0, 0.1) is 5.92 Å². The van der Waals surface area contributed by atoms with Crippen LogP contribution in [0.3, 0.4) is 0 Å². The molecule has 0 saturated heterocycles. The van der Waals surface area contributed by atoms with E-state index in [1.54, 1.807) is 12.1 Å². The highest BCUT2D eigenvalue weighted by Gasteiger charge is 2.23. The molecule has 0 radical (unpaired) electrons.